The van der Waals surface area contributed by atoms with E-state index >= 15 is 0 Å². The number of halogens is 3. The predicted octanol–water partition coefficient (Wildman–Crippen LogP) is 3.44. The zero-order chi connectivity index (χ0) is 23.0. The molecule has 1 aliphatic heterocycles. The van der Waals surface area contributed by atoms with Crippen LogP contribution in [0.1, 0.15) is 25.3 Å². The quantitative estimate of drug-likeness (QED) is 0.680. The van der Waals surface area contributed by atoms with Gasteiger partial charge in [-0.1, -0.05) is 36.4 Å². The minimum Gasteiger partial charge on any atom is -0.334 e. The first-order valence-electron chi connectivity index (χ1n) is 10.7. The first-order chi connectivity index (χ1) is 15.2. The first kappa shape index (κ1) is 22.8. The third-order valence-corrected chi connectivity index (χ3v) is 7.51. The molecule has 0 aromatic heterocycles. The molecular formula is C23H25F3N2O3S. The predicted molar refractivity (Wildman–Crippen MR) is 115 cm³/mol. The number of carbonyl (C=O) groups is 1. The van der Waals surface area contributed by atoms with E-state index in [-0.39, 0.29) is 36.1 Å². The van der Waals surface area contributed by atoms with Gasteiger partial charge in [0, 0.05) is 11.5 Å². The van der Waals surface area contributed by atoms with Crippen LogP contribution in [0.25, 0.3) is 11.1 Å². The highest BCUT2D eigenvalue weighted by atomic mass is 32.2. The maximum absolute atomic E-state index is 14.9. The lowest BCUT2D eigenvalue weighted by Gasteiger charge is -2.28. The lowest BCUT2D eigenvalue weighted by atomic mass is 9.96. The average molecular weight is 467 g/mol. The molecule has 5 nitrogen and oxygen atoms in total. The summed E-state index contributed by atoms with van der Waals surface area (Å²) < 4.78 is 69.6. The summed E-state index contributed by atoms with van der Waals surface area (Å²) >= 11 is 0. The van der Waals surface area contributed by atoms with Crippen LogP contribution >= 0.6 is 0 Å². The smallest absolute Gasteiger partial charge is 0.226 e. The van der Waals surface area contributed by atoms with Gasteiger partial charge in [-0.05, 0) is 43.4 Å². The van der Waals surface area contributed by atoms with E-state index < -0.39 is 39.9 Å². The summed E-state index contributed by atoms with van der Waals surface area (Å²) in [5, 5.41) is 0. The Balaban J connectivity index is 1.65. The van der Waals surface area contributed by atoms with Gasteiger partial charge in [-0.15, -0.1) is 0 Å². The number of nitrogens with zero attached hydrogens (tertiary/aromatic N) is 1. The summed E-state index contributed by atoms with van der Waals surface area (Å²) in [7, 11) is -3.70. The highest BCUT2D eigenvalue weighted by Gasteiger charge is 2.48. The molecule has 0 bridgehead atoms. The maximum Gasteiger partial charge on any atom is 0.226 e. The van der Waals surface area contributed by atoms with E-state index in [1.165, 1.54) is 24.0 Å². The number of sulfonamides is 1. The number of rotatable bonds is 7. The number of hydrogen-bond donors (Lipinski definition) is 1. The van der Waals surface area contributed by atoms with E-state index in [0.717, 1.165) is 18.9 Å². The van der Waals surface area contributed by atoms with Crippen LogP contribution in [-0.2, 0) is 21.2 Å². The molecule has 9 heteroatoms. The Morgan fingerprint density at radius 1 is 1.16 bits per heavy atom. The number of nitrogens with one attached hydrogen (secondary N) is 1. The molecular weight excluding hydrogens is 441 g/mol. The van der Waals surface area contributed by atoms with E-state index in [9.17, 15) is 26.4 Å². The molecule has 1 N–H and O–H groups in total. The zero-order valence-electron chi connectivity index (χ0n) is 17.6. The third-order valence-electron chi connectivity index (χ3n) is 6.12. The second kappa shape index (κ2) is 8.86. The minimum atomic E-state index is -3.70. The third kappa shape index (κ3) is 4.68. The van der Waals surface area contributed by atoms with Crippen LogP contribution in [0.5, 0.6) is 0 Å². The van der Waals surface area contributed by atoms with Crippen molar-refractivity contribution < 1.29 is 26.4 Å². The fourth-order valence-corrected chi connectivity index (χ4v) is 5.09. The van der Waals surface area contributed by atoms with Crippen molar-refractivity contribution in [2.24, 2.45) is 5.92 Å². The molecule has 2 aromatic rings. The van der Waals surface area contributed by atoms with Crippen LogP contribution in [0.2, 0.25) is 0 Å². The van der Waals surface area contributed by atoms with Gasteiger partial charge in [0.2, 0.25) is 15.9 Å². The molecule has 2 fully saturated rings. The Morgan fingerprint density at radius 3 is 2.56 bits per heavy atom. The highest BCUT2D eigenvalue weighted by molar-refractivity contribution is 7.89. The second-order valence-electron chi connectivity index (χ2n) is 8.40. The van der Waals surface area contributed by atoms with Gasteiger partial charge in [0.05, 0.1) is 24.4 Å². The SMILES string of the molecule is CCS(=O)(=O)N[C@H]1[C@@H](F)CN(C(=O)C2CC2)[C@H]1Cc1cccc(-c2cccc(F)c2F)c1. The van der Waals surface area contributed by atoms with Crippen molar-refractivity contribution in [3.63, 3.8) is 0 Å². The molecule has 0 unspecified atom stereocenters. The molecule has 0 radical (unpaired) electrons. The molecule has 4 rings (SSSR count). The van der Waals surface area contributed by atoms with Crippen LogP contribution in [0, 0.1) is 17.6 Å². The Labute approximate surface area is 185 Å². The van der Waals surface area contributed by atoms with Gasteiger partial charge >= 0.3 is 0 Å². The van der Waals surface area contributed by atoms with Crippen LogP contribution in [-0.4, -0.2) is 49.8 Å². The van der Waals surface area contributed by atoms with Crippen LogP contribution in [0.3, 0.4) is 0 Å². The molecule has 1 heterocycles. The Bertz CT molecular complexity index is 1120. The van der Waals surface area contributed by atoms with Crippen LogP contribution < -0.4 is 4.72 Å². The summed E-state index contributed by atoms with van der Waals surface area (Å²) in [6.45, 7) is 1.29. The van der Waals surface area contributed by atoms with Crippen molar-refractivity contribution in [1.82, 2.24) is 9.62 Å². The monoisotopic (exact) mass is 466 g/mol. The number of benzene rings is 2. The fourth-order valence-electron chi connectivity index (χ4n) is 4.20. The Morgan fingerprint density at radius 2 is 1.88 bits per heavy atom. The van der Waals surface area contributed by atoms with Crippen molar-refractivity contribution in [2.45, 2.75) is 44.4 Å². The summed E-state index contributed by atoms with van der Waals surface area (Å²) in [6, 6.07) is 8.85. The lowest BCUT2D eigenvalue weighted by molar-refractivity contribution is -0.133. The van der Waals surface area contributed by atoms with Gasteiger partial charge in [-0.25, -0.2) is 26.3 Å². The number of likely N-dealkylation sites (tertiary alicyclic amines) is 1. The summed E-state index contributed by atoms with van der Waals surface area (Å²) in [6.07, 6.45) is 0.144. The van der Waals surface area contributed by atoms with E-state index in [4.69, 9.17) is 0 Å². The van der Waals surface area contributed by atoms with Gasteiger partial charge in [-0.2, -0.15) is 0 Å². The molecule has 0 spiro atoms. The standard InChI is InChI=1S/C23H25F3N2O3S/c1-2-32(30,31)27-22-19(25)13-28(23(29)15-9-10-15)20(22)12-14-5-3-6-16(11-14)17-7-4-8-18(24)21(17)26/h3-8,11,15,19-20,22,27H,2,9-10,12-13H2,1H3/t19-,20-,22-/m0/s1. The number of hydrogen-bond acceptors (Lipinski definition) is 3. The van der Waals surface area contributed by atoms with Crippen LogP contribution in [0.15, 0.2) is 42.5 Å². The van der Waals surface area contributed by atoms with E-state index in [1.807, 2.05) is 0 Å². The number of amides is 1. The molecule has 3 atom stereocenters. The van der Waals surface area contributed by atoms with Crippen molar-refractivity contribution in [3.8, 4) is 11.1 Å². The maximum atomic E-state index is 14.9. The minimum absolute atomic E-state index is 0.0933. The van der Waals surface area contributed by atoms with Crippen molar-refractivity contribution >= 4 is 15.9 Å². The average Bonchev–Trinajstić information content (AvgIpc) is 3.57. The topological polar surface area (TPSA) is 66.5 Å². The number of alkyl halides is 1. The highest BCUT2D eigenvalue weighted by Crippen LogP contribution is 2.36. The van der Waals surface area contributed by atoms with Gasteiger partial charge in [0.15, 0.2) is 11.6 Å². The van der Waals surface area contributed by atoms with E-state index in [0.29, 0.717) is 11.1 Å². The molecule has 2 aliphatic rings. The summed E-state index contributed by atoms with van der Waals surface area (Å²) in [4.78, 5) is 14.2. The molecule has 2 aromatic carbocycles. The van der Waals surface area contributed by atoms with Crippen molar-refractivity contribution in [1.29, 1.82) is 0 Å². The molecule has 1 saturated carbocycles. The Hall–Kier alpha value is -2.39. The second-order valence-corrected chi connectivity index (χ2v) is 10.4. The van der Waals surface area contributed by atoms with E-state index in [1.54, 1.807) is 24.3 Å². The zero-order valence-corrected chi connectivity index (χ0v) is 18.4. The molecule has 32 heavy (non-hydrogen) atoms. The van der Waals surface area contributed by atoms with Gasteiger partial charge in [-0.3, -0.25) is 4.79 Å². The lowest BCUT2D eigenvalue weighted by Crippen LogP contribution is -2.50. The first-order valence-corrected chi connectivity index (χ1v) is 12.3. The largest absolute Gasteiger partial charge is 0.334 e. The molecule has 1 aliphatic carbocycles. The van der Waals surface area contributed by atoms with Gasteiger partial charge < -0.3 is 4.90 Å². The summed E-state index contributed by atoms with van der Waals surface area (Å²) in [5.41, 5.74) is 1.20. The molecule has 1 amide bonds. The van der Waals surface area contributed by atoms with Crippen molar-refractivity contribution in [2.75, 3.05) is 12.3 Å². The number of carbonyl (C=O) groups excluding carboxylic acids is 1. The normalized spacial score (nSPS) is 23.5. The molecule has 172 valence electrons. The molecule has 1 saturated heterocycles. The summed E-state index contributed by atoms with van der Waals surface area (Å²) in [5.74, 6) is -2.43. The van der Waals surface area contributed by atoms with E-state index in [2.05, 4.69) is 4.72 Å². The van der Waals surface area contributed by atoms with Crippen LogP contribution in [0.4, 0.5) is 13.2 Å². The Kier molecular flexibility index (Phi) is 6.31. The van der Waals surface area contributed by atoms with Gasteiger partial charge in [0.25, 0.3) is 0 Å². The van der Waals surface area contributed by atoms with Crippen molar-refractivity contribution in [3.05, 3.63) is 59.7 Å². The fraction of sp³-hybridized carbons (Fsp3) is 0.435. The van der Waals surface area contributed by atoms with Gasteiger partial charge in [0.1, 0.15) is 6.17 Å².